The maximum Gasteiger partial charge on any atom is 0.234 e. The molecule has 2 saturated heterocycles. The minimum absolute atomic E-state index is 0.0183. The van der Waals surface area contributed by atoms with Crippen molar-refractivity contribution in [2.24, 2.45) is 11.8 Å². The normalized spacial score (nSPS) is 22.5. The number of rotatable bonds is 6. The Morgan fingerprint density at radius 2 is 1.41 bits per heavy atom. The lowest BCUT2D eigenvalue weighted by Gasteiger charge is -2.20. The highest BCUT2D eigenvalue weighted by molar-refractivity contribution is 6.05. The first-order valence-corrected chi connectivity index (χ1v) is 9.85. The number of hydrogen-bond donors (Lipinski definition) is 0. The number of carbonyl (C=O) groups excluding carboxylic acids is 2. The van der Waals surface area contributed by atoms with Crippen molar-refractivity contribution < 1.29 is 9.59 Å². The van der Waals surface area contributed by atoms with Crippen LogP contribution in [0.2, 0.25) is 0 Å². The molecule has 4 rings (SSSR count). The SMILES string of the molecule is CCc1ccc(CN2C[C@@H]3C(=O)N(CCc4ccccc4)C(=O)[C@@H]3C2)cc1. The fourth-order valence-electron chi connectivity index (χ4n) is 4.27. The summed E-state index contributed by atoms with van der Waals surface area (Å²) in [6.45, 7) is 4.82. The van der Waals surface area contributed by atoms with E-state index in [9.17, 15) is 9.59 Å². The van der Waals surface area contributed by atoms with Gasteiger partial charge in [-0.2, -0.15) is 0 Å². The quantitative estimate of drug-likeness (QED) is 0.742. The first-order valence-electron chi connectivity index (χ1n) is 9.85. The van der Waals surface area contributed by atoms with Gasteiger partial charge in [-0.1, -0.05) is 61.5 Å². The Balaban J connectivity index is 1.36. The Kier molecular flexibility index (Phi) is 5.08. The third-order valence-electron chi connectivity index (χ3n) is 5.87. The molecule has 0 radical (unpaired) electrons. The van der Waals surface area contributed by atoms with Crippen LogP contribution in [0.25, 0.3) is 0 Å². The summed E-state index contributed by atoms with van der Waals surface area (Å²) in [6.07, 6.45) is 1.77. The van der Waals surface area contributed by atoms with Crippen molar-refractivity contribution in [3.8, 4) is 0 Å². The van der Waals surface area contributed by atoms with Crippen LogP contribution in [0.4, 0.5) is 0 Å². The number of carbonyl (C=O) groups is 2. The van der Waals surface area contributed by atoms with Crippen molar-refractivity contribution in [3.05, 3.63) is 71.3 Å². The molecular formula is C23H26N2O2. The summed E-state index contributed by atoms with van der Waals surface area (Å²) in [5, 5.41) is 0. The molecule has 0 unspecified atom stereocenters. The van der Waals surface area contributed by atoms with Gasteiger partial charge in [0.05, 0.1) is 11.8 Å². The number of hydrogen-bond acceptors (Lipinski definition) is 3. The Morgan fingerprint density at radius 1 is 0.815 bits per heavy atom. The summed E-state index contributed by atoms with van der Waals surface area (Å²) < 4.78 is 0. The number of benzene rings is 2. The number of fused-ring (bicyclic) bond motifs is 1. The maximum atomic E-state index is 12.8. The molecular weight excluding hydrogens is 336 g/mol. The zero-order valence-electron chi connectivity index (χ0n) is 15.8. The van der Waals surface area contributed by atoms with Crippen LogP contribution >= 0.6 is 0 Å². The molecule has 27 heavy (non-hydrogen) atoms. The second-order valence-corrected chi connectivity index (χ2v) is 7.64. The van der Waals surface area contributed by atoms with Gasteiger partial charge in [0.25, 0.3) is 0 Å². The average Bonchev–Trinajstić information content (AvgIpc) is 3.21. The van der Waals surface area contributed by atoms with Crippen LogP contribution in [-0.4, -0.2) is 41.2 Å². The molecule has 2 aromatic rings. The third kappa shape index (κ3) is 3.67. The predicted octanol–water partition coefficient (Wildman–Crippen LogP) is 2.91. The maximum absolute atomic E-state index is 12.8. The number of nitrogens with zero attached hydrogens (tertiary/aromatic N) is 2. The summed E-state index contributed by atoms with van der Waals surface area (Å²) in [6, 6.07) is 18.7. The molecule has 2 aliphatic heterocycles. The molecule has 0 aromatic heterocycles. The van der Waals surface area contributed by atoms with Gasteiger partial charge in [-0.15, -0.1) is 0 Å². The fraction of sp³-hybridized carbons (Fsp3) is 0.391. The minimum atomic E-state index is -0.164. The van der Waals surface area contributed by atoms with Gasteiger partial charge in [-0.05, 0) is 29.5 Å². The molecule has 2 fully saturated rings. The van der Waals surface area contributed by atoms with Crippen molar-refractivity contribution in [2.45, 2.75) is 26.3 Å². The van der Waals surface area contributed by atoms with Crippen molar-refractivity contribution in [3.63, 3.8) is 0 Å². The van der Waals surface area contributed by atoms with Gasteiger partial charge in [-0.3, -0.25) is 19.4 Å². The molecule has 0 N–H and O–H groups in total. The van der Waals surface area contributed by atoms with Gasteiger partial charge in [0.2, 0.25) is 11.8 Å². The van der Waals surface area contributed by atoms with Crippen LogP contribution in [0.15, 0.2) is 54.6 Å². The van der Waals surface area contributed by atoms with Gasteiger partial charge >= 0.3 is 0 Å². The number of likely N-dealkylation sites (tertiary alicyclic amines) is 2. The highest BCUT2D eigenvalue weighted by Gasteiger charge is 2.51. The highest BCUT2D eigenvalue weighted by Crippen LogP contribution is 2.34. The molecule has 0 spiro atoms. The number of imide groups is 1. The summed E-state index contributed by atoms with van der Waals surface area (Å²) >= 11 is 0. The Bertz CT molecular complexity index is 792. The minimum Gasteiger partial charge on any atom is -0.297 e. The van der Waals surface area contributed by atoms with E-state index in [2.05, 4.69) is 36.1 Å². The van der Waals surface area contributed by atoms with Crippen LogP contribution in [0, 0.1) is 11.8 Å². The first-order chi connectivity index (χ1) is 13.2. The molecule has 2 heterocycles. The molecule has 2 aromatic carbocycles. The van der Waals surface area contributed by atoms with Crippen LogP contribution in [-0.2, 0) is 29.0 Å². The van der Waals surface area contributed by atoms with E-state index < -0.39 is 0 Å². The zero-order valence-corrected chi connectivity index (χ0v) is 15.8. The number of amides is 2. The molecule has 2 atom stereocenters. The van der Waals surface area contributed by atoms with E-state index >= 15 is 0 Å². The molecule has 4 nitrogen and oxygen atoms in total. The lowest BCUT2D eigenvalue weighted by Crippen LogP contribution is -2.37. The lowest BCUT2D eigenvalue weighted by molar-refractivity contribution is -0.140. The highest BCUT2D eigenvalue weighted by atomic mass is 16.2. The second kappa shape index (κ2) is 7.65. The van der Waals surface area contributed by atoms with Crippen molar-refractivity contribution in [1.82, 2.24) is 9.80 Å². The predicted molar refractivity (Wildman–Crippen MR) is 105 cm³/mol. The van der Waals surface area contributed by atoms with E-state index in [1.807, 2.05) is 30.3 Å². The monoisotopic (exact) mass is 362 g/mol. The second-order valence-electron chi connectivity index (χ2n) is 7.64. The van der Waals surface area contributed by atoms with Gasteiger partial charge in [0.15, 0.2) is 0 Å². The Labute approximate surface area is 160 Å². The molecule has 0 aliphatic carbocycles. The Morgan fingerprint density at radius 3 is 2.00 bits per heavy atom. The van der Waals surface area contributed by atoms with E-state index in [1.165, 1.54) is 16.0 Å². The summed E-state index contributed by atoms with van der Waals surface area (Å²) in [4.78, 5) is 29.3. The van der Waals surface area contributed by atoms with E-state index in [1.54, 1.807) is 0 Å². The van der Waals surface area contributed by atoms with Crippen molar-refractivity contribution in [1.29, 1.82) is 0 Å². The standard InChI is InChI=1S/C23H26N2O2/c1-2-17-8-10-19(11-9-17)14-24-15-20-21(16-24)23(27)25(22(20)26)13-12-18-6-4-3-5-7-18/h3-11,20-21H,2,12-16H2,1H3/t20-,21+. The topological polar surface area (TPSA) is 40.6 Å². The van der Waals surface area contributed by atoms with E-state index in [0.29, 0.717) is 19.6 Å². The van der Waals surface area contributed by atoms with Crippen LogP contribution < -0.4 is 0 Å². The average molecular weight is 362 g/mol. The van der Waals surface area contributed by atoms with Gasteiger partial charge < -0.3 is 0 Å². The smallest absolute Gasteiger partial charge is 0.234 e. The molecule has 0 bridgehead atoms. The zero-order chi connectivity index (χ0) is 18.8. The molecule has 2 aliphatic rings. The molecule has 4 heteroatoms. The van der Waals surface area contributed by atoms with E-state index in [0.717, 1.165) is 24.9 Å². The third-order valence-corrected chi connectivity index (χ3v) is 5.87. The lowest BCUT2D eigenvalue weighted by atomic mass is 10.00. The van der Waals surface area contributed by atoms with E-state index in [4.69, 9.17) is 0 Å². The van der Waals surface area contributed by atoms with Crippen LogP contribution in [0.1, 0.15) is 23.6 Å². The van der Waals surface area contributed by atoms with Crippen molar-refractivity contribution in [2.75, 3.05) is 19.6 Å². The fourth-order valence-corrected chi connectivity index (χ4v) is 4.27. The van der Waals surface area contributed by atoms with Crippen LogP contribution in [0.3, 0.4) is 0 Å². The van der Waals surface area contributed by atoms with Gasteiger partial charge in [0, 0.05) is 26.2 Å². The Hall–Kier alpha value is -2.46. The van der Waals surface area contributed by atoms with Crippen LogP contribution in [0.5, 0.6) is 0 Å². The first kappa shape index (κ1) is 17.9. The van der Waals surface area contributed by atoms with Gasteiger partial charge in [0.1, 0.15) is 0 Å². The summed E-state index contributed by atoms with van der Waals surface area (Å²) in [5.74, 6) is -0.291. The van der Waals surface area contributed by atoms with Crippen molar-refractivity contribution >= 4 is 11.8 Å². The van der Waals surface area contributed by atoms with Gasteiger partial charge in [-0.25, -0.2) is 0 Å². The summed E-state index contributed by atoms with van der Waals surface area (Å²) in [7, 11) is 0. The summed E-state index contributed by atoms with van der Waals surface area (Å²) in [5.41, 5.74) is 3.73. The molecule has 0 saturated carbocycles. The molecule has 140 valence electrons. The number of aryl methyl sites for hydroxylation is 1. The largest absolute Gasteiger partial charge is 0.297 e. The van der Waals surface area contributed by atoms with E-state index in [-0.39, 0.29) is 23.7 Å². The molecule has 2 amide bonds.